The maximum absolute atomic E-state index is 12.9. The first-order valence-electron chi connectivity index (χ1n) is 6.38. The van der Waals surface area contributed by atoms with Crippen molar-refractivity contribution in [2.24, 2.45) is 0 Å². The number of alkyl halides is 3. The van der Waals surface area contributed by atoms with Gasteiger partial charge in [-0.2, -0.15) is 13.2 Å². The highest BCUT2D eigenvalue weighted by Gasteiger charge is 2.48. The number of rotatable bonds is 4. The predicted octanol–water partition coefficient (Wildman–Crippen LogP) is 3.92. The maximum Gasteiger partial charge on any atom is 0.430 e. The summed E-state index contributed by atoms with van der Waals surface area (Å²) >= 11 is 5.92. The number of hydrogen-bond donors (Lipinski definition) is 1. The summed E-state index contributed by atoms with van der Waals surface area (Å²) in [5.41, 5.74) is -0.764. The van der Waals surface area contributed by atoms with E-state index in [1.807, 2.05) is 6.92 Å². The van der Waals surface area contributed by atoms with Crippen molar-refractivity contribution in [3.8, 4) is 11.5 Å². The Morgan fingerprint density at radius 1 is 1.45 bits per heavy atom. The predicted molar refractivity (Wildman–Crippen MR) is 73.3 cm³/mol. The highest BCUT2D eigenvalue weighted by Crippen LogP contribution is 2.42. The number of benzene rings is 1. The topological polar surface area (TPSA) is 55.8 Å². The minimum atomic E-state index is -4.86. The molecule has 2 rings (SSSR count). The zero-order valence-corrected chi connectivity index (χ0v) is 12.2. The second-order valence-corrected chi connectivity index (χ2v) is 5.02. The van der Waals surface area contributed by atoms with Crippen molar-refractivity contribution in [2.45, 2.75) is 25.6 Å². The fraction of sp³-hybridized carbons (Fsp3) is 0.357. The van der Waals surface area contributed by atoms with Gasteiger partial charge < -0.3 is 14.6 Å². The second-order valence-electron chi connectivity index (χ2n) is 4.62. The summed E-state index contributed by atoms with van der Waals surface area (Å²) in [5, 5.41) is 8.89. The average molecular weight is 337 g/mol. The van der Waals surface area contributed by atoms with E-state index in [2.05, 4.69) is 0 Å². The monoisotopic (exact) mass is 336 g/mol. The lowest BCUT2D eigenvalue weighted by atomic mass is 10.0. The number of carboxylic acid groups (broad SMARTS) is 1. The molecule has 1 aliphatic rings. The molecule has 1 N–H and O–H groups in total. The molecular weight excluding hydrogens is 325 g/mol. The summed E-state index contributed by atoms with van der Waals surface area (Å²) in [6.07, 6.45) is -5.78. The van der Waals surface area contributed by atoms with Gasteiger partial charge in [-0.05, 0) is 18.6 Å². The van der Waals surface area contributed by atoms with E-state index in [0.717, 1.165) is 12.5 Å². The number of halogens is 4. The van der Waals surface area contributed by atoms with Crippen LogP contribution >= 0.6 is 11.6 Å². The molecule has 1 aliphatic heterocycles. The van der Waals surface area contributed by atoms with Gasteiger partial charge in [0.1, 0.15) is 11.5 Å². The van der Waals surface area contributed by atoms with Gasteiger partial charge in [0.2, 0.25) is 6.10 Å². The van der Waals surface area contributed by atoms with Crippen LogP contribution in [0.2, 0.25) is 5.02 Å². The number of ether oxygens (including phenoxy) is 2. The van der Waals surface area contributed by atoms with Crippen LogP contribution in [0.5, 0.6) is 11.5 Å². The summed E-state index contributed by atoms with van der Waals surface area (Å²) in [7, 11) is 0. The van der Waals surface area contributed by atoms with Crippen molar-refractivity contribution in [2.75, 3.05) is 6.61 Å². The molecular formula is C14H12ClF3O4. The molecule has 22 heavy (non-hydrogen) atoms. The van der Waals surface area contributed by atoms with Crippen LogP contribution in [0, 0.1) is 0 Å². The molecule has 0 amide bonds. The van der Waals surface area contributed by atoms with Crippen LogP contribution in [-0.4, -0.2) is 30.0 Å². The molecule has 0 bridgehead atoms. The van der Waals surface area contributed by atoms with Crippen LogP contribution in [0.4, 0.5) is 13.2 Å². The van der Waals surface area contributed by atoms with E-state index < -0.39 is 23.8 Å². The van der Waals surface area contributed by atoms with Gasteiger partial charge in [0.05, 0.1) is 17.2 Å². The van der Waals surface area contributed by atoms with Gasteiger partial charge in [-0.25, -0.2) is 4.79 Å². The molecule has 120 valence electrons. The number of carbonyl (C=O) groups is 1. The van der Waals surface area contributed by atoms with Crippen molar-refractivity contribution in [3.05, 3.63) is 28.3 Å². The lowest BCUT2D eigenvalue weighted by Gasteiger charge is -2.27. The summed E-state index contributed by atoms with van der Waals surface area (Å²) in [4.78, 5) is 11.1. The van der Waals surface area contributed by atoms with Gasteiger partial charge in [0.15, 0.2) is 0 Å². The van der Waals surface area contributed by atoms with Gasteiger partial charge in [0.25, 0.3) is 0 Å². The molecule has 1 atom stereocenters. The molecule has 0 spiro atoms. The van der Waals surface area contributed by atoms with E-state index in [0.29, 0.717) is 12.4 Å². The maximum atomic E-state index is 12.9. The fourth-order valence-electron chi connectivity index (χ4n) is 1.97. The van der Waals surface area contributed by atoms with Gasteiger partial charge in [0, 0.05) is 11.6 Å². The zero-order chi connectivity index (χ0) is 16.5. The summed E-state index contributed by atoms with van der Waals surface area (Å²) in [6, 6.07) is 2.73. The third kappa shape index (κ3) is 3.30. The molecule has 1 aromatic carbocycles. The fourth-order valence-corrected chi connectivity index (χ4v) is 2.23. The normalized spacial score (nSPS) is 17.3. The molecule has 1 unspecified atom stereocenters. The first-order chi connectivity index (χ1) is 10.2. The highest BCUT2D eigenvalue weighted by molar-refractivity contribution is 6.32. The largest absolute Gasteiger partial charge is 0.494 e. The quantitative estimate of drug-likeness (QED) is 0.905. The Kier molecular flexibility index (Phi) is 4.55. The number of carboxylic acids is 1. The first kappa shape index (κ1) is 16.5. The molecule has 1 heterocycles. The molecule has 0 saturated carbocycles. The van der Waals surface area contributed by atoms with Crippen LogP contribution in [-0.2, 0) is 4.79 Å². The lowest BCUT2D eigenvalue weighted by Crippen LogP contribution is -2.40. The standard InChI is InChI=1S/C14H12ClF3O4/c1-2-3-21-8-4-7-5-9(13(19)20)12(14(16,17)18)22-11(7)10(15)6-8/h4-6,12H,2-3H2,1H3,(H,19,20). The van der Waals surface area contributed by atoms with Gasteiger partial charge in [-0.1, -0.05) is 18.5 Å². The molecule has 1 aromatic rings. The molecule has 0 fully saturated rings. The van der Waals surface area contributed by atoms with E-state index in [-0.39, 0.29) is 16.3 Å². The molecule has 0 saturated heterocycles. The van der Waals surface area contributed by atoms with Gasteiger partial charge in [-0.15, -0.1) is 0 Å². The number of fused-ring (bicyclic) bond motifs is 1. The average Bonchev–Trinajstić information content (AvgIpc) is 2.42. The van der Waals surface area contributed by atoms with E-state index in [9.17, 15) is 18.0 Å². The molecule has 0 radical (unpaired) electrons. The Morgan fingerprint density at radius 2 is 2.14 bits per heavy atom. The van der Waals surface area contributed by atoms with Crippen LogP contribution < -0.4 is 9.47 Å². The first-order valence-corrected chi connectivity index (χ1v) is 6.76. The minimum Gasteiger partial charge on any atom is -0.494 e. The van der Waals surface area contributed by atoms with Crippen LogP contribution in [0.1, 0.15) is 18.9 Å². The van der Waals surface area contributed by atoms with E-state index >= 15 is 0 Å². The van der Waals surface area contributed by atoms with Crippen molar-refractivity contribution in [1.29, 1.82) is 0 Å². The van der Waals surface area contributed by atoms with E-state index in [1.54, 1.807) is 0 Å². The van der Waals surface area contributed by atoms with Gasteiger partial charge >= 0.3 is 12.1 Å². The Balaban J connectivity index is 2.48. The Labute approximate surface area is 129 Å². The van der Waals surface area contributed by atoms with Crippen LogP contribution in [0.3, 0.4) is 0 Å². The van der Waals surface area contributed by atoms with E-state index in [4.69, 9.17) is 26.2 Å². The highest BCUT2D eigenvalue weighted by atomic mass is 35.5. The summed E-state index contributed by atoms with van der Waals surface area (Å²) < 4.78 is 48.9. The zero-order valence-electron chi connectivity index (χ0n) is 11.4. The lowest BCUT2D eigenvalue weighted by molar-refractivity contribution is -0.187. The summed E-state index contributed by atoms with van der Waals surface area (Å²) in [6.45, 7) is 2.29. The third-order valence-electron chi connectivity index (χ3n) is 2.89. The van der Waals surface area contributed by atoms with E-state index in [1.165, 1.54) is 12.1 Å². The number of aliphatic carboxylic acids is 1. The third-order valence-corrected chi connectivity index (χ3v) is 3.17. The van der Waals surface area contributed by atoms with Crippen molar-refractivity contribution in [1.82, 2.24) is 0 Å². The van der Waals surface area contributed by atoms with Crippen molar-refractivity contribution in [3.63, 3.8) is 0 Å². The Bertz CT molecular complexity index is 625. The van der Waals surface area contributed by atoms with Crippen molar-refractivity contribution >= 4 is 23.6 Å². The SMILES string of the molecule is CCCOc1cc(Cl)c2c(c1)C=C(C(=O)O)C(C(F)(F)F)O2. The smallest absolute Gasteiger partial charge is 0.430 e. The molecule has 8 heteroatoms. The Hall–Kier alpha value is -1.89. The molecule has 0 aromatic heterocycles. The molecule has 4 nitrogen and oxygen atoms in total. The van der Waals surface area contributed by atoms with Gasteiger partial charge in [-0.3, -0.25) is 0 Å². The number of hydrogen-bond acceptors (Lipinski definition) is 3. The molecule has 0 aliphatic carbocycles. The second kappa shape index (κ2) is 6.08. The van der Waals surface area contributed by atoms with Crippen LogP contribution in [0.25, 0.3) is 6.08 Å². The minimum absolute atomic E-state index is 0.0708. The summed E-state index contributed by atoms with van der Waals surface area (Å²) in [5.74, 6) is -1.58. The Morgan fingerprint density at radius 3 is 2.68 bits per heavy atom. The van der Waals surface area contributed by atoms with Crippen molar-refractivity contribution < 1.29 is 32.5 Å². The van der Waals surface area contributed by atoms with Crippen LogP contribution in [0.15, 0.2) is 17.7 Å².